The van der Waals surface area contributed by atoms with Gasteiger partial charge in [-0.1, -0.05) is 26.0 Å². The first-order valence-electron chi connectivity index (χ1n) is 6.00. The molecule has 17 heavy (non-hydrogen) atoms. The van der Waals surface area contributed by atoms with Crippen LogP contribution in [0.25, 0.3) is 0 Å². The summed E-state index contributed by atoms with van der Waals surface area (Å²) < 4.78 is 0. The average Bonchev–Trinajstić information content (AvgIpc) is 2.29. The fourth-order valence-electron chi connectivity index (χ4n) is 2.04. The van der Waals surface area contributed by atoms with Crippen molar-refractivity contribution in [2.75, 3.05) is 11.4 Å². The van der Waals surface area contributed by atoms with Gasteiger partial charge in [0.2, 0.25) is 5.91 Å². The lowest BCUT2D eigenvalue weighted by Gasteiger charge is -2.26. The molecule has 1 aliphatic rings. The molecular weight excluding hydrogens is 214 g/mol. The quantitative estimate of drug-likeness (QED) is 0.733. The number of anilines is 1. The smallest absolute Gasteiger partial charge is 0.234 e. The normalized spacial score (nSPS) is 16.8. The Morgan fingerprint density at radius 1 is 1.24 bits per heavy atom. The number of ketones is 1. The molecule has 1 aliphatic heterocycles. The number of hydrogen-bond acceptors (Lipinski definition) is 2. The zero-order chi connectivity index (χ0) is 12.4. The molecular formula is C14H17NO2. The number of benzene rings is 1. The largest absolute Gasteiger partial charge is 0.312 e. The summed E-state index contributed by atoms with van der Waals surface area (Å²) in [4.78, 5) is 24.7. The molecule has 0 aliphatic carbocycles. The number of carbonyl (C=O) groups is 2. The summed E-state index contributed by atoms with van der Waals surface area (Å²) >= 11 is 0. The summed E-state index contributed by atoms with van der Waals surface area (Å²) in [5, 5.41) is 0. The number of rotatable bonds is 2. The molecule has 2 rings (SSSR count). The van der Waals surface area contributed by atoms with Crippen LogP contribution in [-0.2, 0) is 9.59 Å². The number of carbonyl (C=O) groups excluding carboxylic acids is 2. The van der Waals surface area contributed by atoms with Crippen LogP contribution >= 0.6 is 0 Å². The van der Waals surface area contributed by atoms with E-state index in [1.807, 2.05) is 18.2 Å². The molecule has 1 heterocycles. The lowest BCUT2D eigenvalue weighted by molar-refractivity contribution is -0.128. The average molecular weight is 231 g/mol. The molecule has 0 saturated carbocycles. The van der Waals surface area contributed by atoms with Gasteiger partial charge in [-0.15, -0.1) is 0 Å². The molecule has 1 saturated heterocycles. The Balaban J connectivity index is 2.25. The second-order valence-corrected chi connectivity index (χ2v) is 4.76. The summed E-state index contributed by atoms with van der Waals surface area (Å²) in [7, 11) is 0. The molecule has 0 aromatic heterocycles. The third kappa shape index (κ3) is 2.54. The molecule has 90 valence electrons. The van der Waals surface area contributed by atoms with Crippen molar-refractivity contribution in [3.8, 4) is 0 Å². The van der Waals surface area contributed by atoms with Crippen LogP contribution in [-0.4, -0.2) is 18.2 Å². The highest BCUT2D eigenvalue weighted by Gasteiger charge is 2.24. The Morgan fingerprint density at radius 3 is 2.65 bits per heavy atom. The first-order valence-corrected chi connectivity index (χ1v) is 6.00. The Kier molecular flexibility index (Phi) is 3.27. The van der Waals surface area contributed by atoms with Gasteiger partial charge in [0, 0.05) is 18.7 Å². The maximum atomic E-state index is 11.8. The fourth-order valence-corrected chi connectivity index (χ4v) is 2.04. The van der Waals surface area contributed by atoms with Crippen LogP contribution < -0.4 is 4.90 Å². The van der Waals surface area contributed by atoms with E-state index >= 15 is 0 Å². The van der Waals surface area contributed by atoms with Gasteiger partial charge in [-0.2, -0.15) is 0 Å². The zero-order valence-corrected chi connectivity index (χ0v) is 10.3. The lowest BCUT2D eigenvalue weighted by Crippen LogP contribution is -2.39. The summed E-state index contributed by atoms with van der Waals surface area (Å²) in [5.74, 6) is 0.407. The van der Waals surface area contributed by atoms with Gasteiger partial charge in [-0.05, 0) is 23.6 Å². The van der Waals surface area contributed by atoms with Crippen molar-refractivity contribution < 1.29 is 9.59 Å². The van der Waals surface area contributed by atoms with Crippen molar-refractivity contribution in [2.24, 2.45) is 0 Å². The van der Waals surface area contributed by atoms with Crippen molar-refractivity contribution in [1.82, 2.24) is 0 Å². The minimum Gasteiger partial charge on any atom is -0.312 e. The third-order valence-electron chi connectivity index (χ3n) is 3.11. The zero-order valence-electron chi connectivity index (χ0n) is 10.3. The molecule has 0 radical (unpaired) electrons. The number of amides is 1. The van der Waals surface area contributed by atoms with Crippen molar-refractivity contribution in [3.05, 3.63) is 29.8 Å². The van der Waals surface area contributed by atoms with E-state index in [-0.39, 0.29) is 18.1 Å². The third-order valence-corrected chi connectivity index (χ3v) is 3.11. The number of Topliss-reactive ketones (excluding diaryl/α,β-unsaturated/α-hetero) is 1. The molecule has 0 unspecified atom stereocenters. The minimum atomic E-state index is -0.0813. The Hall–Kier alpha value is -1.64. The van der Waals surface area contributed by atoms with Crippen molar-refractivity contribution in [2.45, 2.75) is 32.6 Å². The molecule has 3 heteroatoms. The van der Waals surface area contributed by atoms with E-state index in [2.05, 4.69) is 19.9 Å². The van der Waals surface area contributed by atoms with Gasteiger partial charge in [0.25, 0.3) is 0 Å². The molecule has 0 spiro atoms. The van der Waals surface area contributed by atoms with Gasteiger partial charge in [0.05, 0.1) is 6.42 Å². The highest BCUT2D eigenvalue weighted by molar-refractivity contribution is 6.08. The van der Waals surface area contributed by atoms with E-state index in [1.54, 1.807) is 4.90 Å². The molecule has 0 bridgehead atoms. The Morgan fingerprint density at radius 2 is 2.00 bits per heavy atom. The fraction of sp³-hybridized carbons (Fsp3) is 0.429. The van der Waals surface area contributed by atoms with Gasteiger partial charge in [0.1, 0.15) is 5.78 Å². The maximum Gasteiger partial charge on any atom is 0.234 e. The molecule has 0 atom stereocenters. The van der Waals surface area contributed by atoms with E-state index in [1.165, 1.54) is 5.56 Å². The first-order chi connectivity index (χ1) is 8.08. The number of hydrogen-bond donors (Lipinski definition) is 0. The standard InChI is InChI=1S/C14H17NO2/c1-10(2)11-4-3-5-12(8-11)15-7-6-13(16)9-14(15)17/h3-5,8,10H,6-7,9H2,1-2H3. The predicted octanol–water partition coefficient (Wildman–Crippen LogP) is 2.51. The molecule has 1 amide bonds. The first kappa shape index (κ1) is 11.8. The highest BCUT2D eigenvalue weighted by atomic mass is 16.2. The second-order valence-electron chi connectivity index (χ2n) is 4.76. The summed E-state index contributed by atoms with van der Waals surface area (Å²) in [6.45, 7) is 4.76. The number of piperidine rings is 1. The van der Waals surface area contributed by atoms with Gasteiger partial charge < -0.3 is 4.90 Å². The van der Waals surface area contributed by atoms with Crippen LogP contribution in [0.15, 0.2) is 24.3 Å². The summed E-state index contributed by atoms with van der Waals surface area (Å²) in [6.07, 6.45) is 0.517. The molecule has 0 N–H and O–H groups in total. The topological polar surface area (TPSA) is 37.4 Å². The number of nitrogens with zero attached hydrogens (tertiary/aromatic N) is 1. The van der Waals surface area contributed by atoms with Crippen LogP contribution in [0, 0.1) is 0 Å². The Labute approximate surface area is 101 Å². The molecule has 1 aromatic rings. The van der Waals surface area contributed by atoms with Crippen LogP contribution in [0.3, 0.4) is 0 Å². The van der Waals surface area contributed by atoms with Gasteiger partial charge in [-0.25, -0.2) is 0 Å². The van der Waals surface area contributed by atoms with Gasteiger partial charge >= 0.3 is 0 Å². The summed E-state index contributed by atoms with van der Waals surface area (Å²) in [5.41, 5.74) is 2.13. The van der Waals surface area contributed by atoms with Crippen LogP contribution in [0.4, 0.5) is 5.69 Å². The molecule has 1 fully saturated rings. The minimum absolute atomic E-state index is 0.0475. The van der Waals surface area contributed by atoms with Crippen molar-refractivity contribution >= 4 is 17.4 Å². The highest BCUT2D eigenvalue weighted by Crippen LogP contribution is 2.24. The van der Waals surface area contributed by atoms with Crippen LogP contribution in [0.2, 0.25) is 0 Å². The van der Waals surface area contributed by atoms with E-state index in [9.17, 15) is 9.59 Å². The van der Waals surface area contributed by atoms with E-state index in [4.69, 9.17) is 0 Å². The predicted molar refractivity (Wildman–Crippen MR) is 67.1 cm³/mol. The van der Waals surface area contributed by atoms with Crippen LogP contribution in [0.5, 0.6) is 0 Å². The lowest BCUT2D eigenvalue weighted by atomic mass is 10.0. The van der Waals surface area contributed by atoms with Gasteiger partial charge in [0.15, 0.2) is 0 Å². The van der Waals surface area contributed by atoms with Gasteiger partial charge in [-0.3, -0.25) is 9.59 Å². The van der Waals surface area contributed by atoms with Crippen LogP contribution in [0.1, 0.15) is 38.2 Å². The summed E-state index contributed by atoms with van der Waals surface area (Å²) in [6, 6.07) is 8.00. The maximum absolute atomic E-state index is 11.8. The Bertz CT molecular complexity index is 451. The van der Waals surface area contributed by atoms with E-state index in [0.29, 0.717) is 18.9 Å². The van der Waals surface area contributed by atoms with Crippen molar-refractivity contribution in [3.63, 3.8) is 0 Å². The van der Waals surface area contributed by atoms with Crippen molar-refractivity contribution in [1.29, 1.82) is 0 Å². The van der Waals surface area contributed by atoms with E-state index < -0.39 is 0 Å². The molecule has 3 nitrogen and oxygen atoms in total. The second kappa shape index (κ2) is 4.70. The molecule has 1 aromatic carbocycles. The van der Waals surface area contributed by atoms with E-state index in [0.717, 1.165) is 5.69 Å². The SMILES string of the molecule is CC(C)c1cccc(N2CCC(=O)CC2=O)c1. The monoisotopic (exact) mass is 231 g/mol.